The van der Waals surface area contributed by atoms with Gasteiger partial charge in [0.25, 0.3) is 0 Å². The molecule has 0 saturated carbocycles. The topological polar surface area (TPSA) is 94.3 Å². The van der Waals surface area contributed by atoms with Crippen LogP contribution in [0.15, 0.2) is 29.6 Å². The van der Waals surface area contributed by atoms with Crippen molar-refractivity contribution in [3.63, 3.8) is 0 Å². The normalized spacial score (nSPS) is 11.8. The minimum atomic E-state index is -0.751. The van der Waals surface area contributed by atoms with Crippen molar-refractivity contribution in [1.82, 2.24) is 10.3 Å². The first kappa shape index (κ1) is 19.6. The number of carbonyl (C=O) groups excluding carboxylic acids is 2. The standard InChI is InChI=1S/C16H18ClN3O3S2/c1-24-7-6-13(20-16(18)22)15(21)23-8-12-9-25-14(19-12)10-2-4-11(17)5-3-10/h2-5,9,13H,6-8H2,1H3,(H3,18,20,22)/t13-/m1/s1. The molecule has 3 N–H and O–H groups in total. The highest BCUT2D eigenvalue weighted by molar-refractivity contribution is 7.98. The minimum absolute atomic E-state index is 0.0408. The number of nitrogens with one attached hydrogen (secondary N) is 1. The molecule has 6 nitrogen and oxygen atoms in total. The number of hydrogen-bond donors (Lipinski definition) is 2. The maximum absolute atomic E-state index is 12.1. The Labute approximate surface area is 159 Å². The highest BCUT2D eigenvalue weighted by Gasteiger charge is 2.21. The Bertz CT molecular complexity index is 722. The number of amides is 2. The van der Waals surface area contributed by atoms with E-state index in [1.54, 1.807) is 23.9 Å². The maximum Gasteiger partial charge on any atom is 0.329 e. The van der Waals surface area contributed by atoms with Gasteiger partial charge in [-0.1, -0.05) is 23.7 Å². The quantitative estimate of drug-likeness (QED) is 0.664. The lowest BCUT2D eigenvalue weighted by atomic mass is 10.2. The summed E-state index contributed by atoms with van der Waals surface area (Å²) >= 11 is 8.90. The van der Waals surface area contributed by atoms with Gasteiger partial charge < -0.3 is 15.8 Å². The van der Waals surface area contributed by atoms with Crippen molar-refractivity contribution >= 4 is 46.7 Å². The van der Waals surface area contributed by atoms with Gasteiger partial charge in [-0.15, -0.1) is 11.3 Å². The van der Waals surface area contributed by atoms with Crippen LogP contribution in [0.5, 0.6) is 0 Å². The third kappa shape index (κ3) is 6.22. The van der Waals surface area contributed by atoms with E-state index >= 15 is 0 Å². The van der Waals surface area contributed by atoms with E-state index in [4.69, 9.17) is 22.1 Å². The number of nitrogens with two attached hydrogens (primary N) is 1. The SMILES string of the molecule is CSCC[C@@H](NC(N)=O)C(=O)OCc1csc(-c2ccc(Cl)cc2)n1. The summed E-state index contributed by atoms with van der Waals surface area (Å²) in [7, 11) is 0. The predicted octanol–water partition coefficient (Wildman–Crippen LogP) is 3.30. The number of thioether (sulfide) groups is 1. The number of hydrogen-bond acceptors (Lipinski definition) is 6. The Balaban J connectivity index is 1.94. The highest BCUT2D eigenvalue weighted by atomic mass is 35.5. The molecule has 0 unspecified atom stereocenters. The summed E-state index contributed by atoms with van der Waals surface area (Å²) in [5.41, 5.74) is 6.69. The van der Waals surface area contributed by atoms with E-state index in [0.29, 0.717) is 22.9 Å². The molecule has 0 aliphatic heterocycles. The van der Waals surface area contributed by atoms with Crippen molar-refractivity contribution < 1.29 is 14.3 Å². The molecule has 0 spiro atoms. The number of primary amides is 1. The van der Waals surface area contributed by atoms with E-state index < -0.39 is 18.0 Å². The molecule has 2 amide bonds. The van der Waals surface area contributed by atoms with Crippen LogP contribution in [0.3, 0.4) is 0 Å². The van der Waals surface area contributed by atoms with Crippen LogP contribution in [0, 0.1) is 0 Å². The van der Waals surface area contributed by atoms with Crippen LogP contribution < -0.4 is 11.1 Å². The lowest BCUT2D eigenvalue weighted by molar-refractivity contribution is -0.147. The highest BCUT2D eigenvalue weighted by Crippen LogP contribution is 2.25. The second kappa shape index (κ2) is 9.65. The van der Waals surface area contributed by atoms with Crippen molar-refractivity contribution in [2.24, 2.45) is 5.73 Å². The van der Waals surface area contributed by atoms with Crippen molar-refractivity contribution in [3.05, 3.63) is 40.4 Å². The smallest absolute Gasteiger partial charge is 0.329 e. The van der Waals surface area contributed by atoms with Gasteiger partial charge in [-0.2, -0.15) is 11.8 Å². The Morgan fingerprint density at radius 2 is 2.12 bits per heavy atom. The fourth-order valence-corrected chi connectivity index (χ4v) is 3.41. The van der Waals surface area contributed by atoms with Gasteiger partial charge in [-0.05, 0) is 30.6 Å². The lowest BCUT2D eigenvalue weighted by Gasteiger charge is -2.15. The predicted molar refractivity (Wildman–Crippen MR) is 102 cm³/mol. The second-order valence-electron chi connectivity index (χ2n) is 5.10. The third-order valence-electron chi connectivity index (χ3n) is 3.22. The number of ether oxygens (including phenoxy) is 1. The van der Waals surface area contributed by atoms with Gasteiger partial charge in [0.1, 0.15) is 17.7 Å². The summed E-state index contributed by atoms with van der Waals surface area (Å²) < 4.78 is 5.26. The number of carbonyl (C=O) groups is 2. The number of urea groups is 1. The number of halogens is 1. The van der Waals surface area contributed by atoms with Gasteiger partial charge in [0, 0.05) is 16.0 Å². The summed E-state index contributed by atoms with van der Waals surface area (Å²) in [5.74, 6) is 0.186. The molecule has 1 atom stereocenters. The Morgan fingerprint density at radius 3 is 2.76 bits per heavy atom. The number of nitrogens with zero attached hydrogens (tertiary/aromatic N) is 1. The minimum Gasteiger partial charge on any atom is -0.458 e. The summed E-state index contributed by atoms with van der Waals surface area (Å²) in [4.78, 5) is 27.6. The van der Waals surface area contributed by atoms with E-state index in [1.807, 2.05) is 23.8 Å². The Hall–Kier alpha value is -1.77. The Kier molecular flexibility index (Phi) is 7.54. The maximum atomic E-state index is 12.1. The van der Waals surface area contributed by atoms with Gasteiger partial charge in [0.05, 0.1) is 5.69 Å². The van der Waals surface area contributed by atoms with Crippen molar-refractivity contribution in [2.45, 2.75) is 19.1 Å². The third-order valence-corrected chi connectivity index (χ3v) is 5.05. The van der Waals surface area contributed by atoms with Crippen LogP contribution in [0.2, 0.25) is 5.02 Å². The largest absolute Gasteiger partial charge is 0.458 e. The molecular formula is C16H18ClN3O3S2. The van der Waals surface area contributed by atoms with Crippen LogP contribution in [0.1, 0.15) is 12.1 Å². The van der Waals surface area contributed by atoms with Crippen LogP contribution in [0.25, 0.3) is 10.6 Å². The van der Waals surface area contributed by atoms with Crippen molar-refractivity contribution in [1.29, 1.82) is 0 Å². The first-order valence-electron chi connectivity index (χ1n) is 7.41. The summed E-state index contributed by atoms with van der Waals surface area (Å²) in [6, 6.07) is 5.85. The molecule has 2 rings (SSSR count). The molecule has 25 heavy (non-hydrogen) atoms. The van der Waals surface area contributed by atoms with Crippen molar-refractivity contribution in [2.75, 3.05) is 12.0 Å². The van der Waals surface area contributed by atoms with E-state index in [9.17, 15) is 9.59 Å². The van der Waals surface area contributed by atoms with Crippen LogP contribution in [-0.4, -0.2) is 35.0 Å². The molecule has 1 aromatic carbocycles. The average Bonchev–Trinajstić information content (AvgIpc) is 3.05. The van der Waals surface area contributed by atoms with Gasteiger partial charge in [0.2, 0.25) is 0 Å². The van der Waals surface area contributed by atoms with Crippen LogP contribution >= 0.6 is 34.7 Å². The summed E-state index contributed by atoms with van der Waals surface area (Å²) in [6.45, 7) is 0.0408. The molecular weight excluding hydrogens is 382 g/mol. The lowest BCUT2D eigenvalue weighted by Crippen LogP contribution is -2.44. The molecule has 0 saturated heterocycles. The number of esters is 1. The fraction of sp³-hybridized carbons (Fsp3) is 0.312. The zero-order valence-corrected chi connectivity index (χ0v) is 15.9. The van der Waals surface area contributed by atoms with E-state index in [2.05, 4.69) is 10.3 Å². The van der Waals surface area contributed by atoms with Gasteiger partial charge in [-0.3, -0.25) is 0 Å². The molecule has 0 aliphatic rings. The Morgan fingerprint density at radius 1 is 1.40 bits per heavy atom. The molecule has 0 fully saturated rings. The van der Waals surface area contributed by atoms with E-state index in [-0.39, 0.29) is 6.61 Å². The first-order chi connectivity index (χ1) is 12.0. The average molecular weight is 400 g/mol. The molecule has 1 aromatic heterocycles. The number of rotatable bonds is 8. The van der Waals surface area contributed by atoms with Crippen molar-refractivity contribution in [3.8, 4) is 10.6 Å². The van der Waals surface area contributed by atoms with Crippen LogP contribution in [0.4, 0.5) is 4.79 Å². The molecule has 0 radical (unpaired) electrons. The molecule has 0 bridgehead atoms. The zero-order valence-electron chi connectivity index (χ0n) is 13.5. The monoisotopic (exact) mass is 399 g/mol. The van der Waals surface area contributed by atoms with Crippen LogP contribution in [-0.2, 0) is 16.1 Å². The number of thiazole rings is 1. The molecule has 9 heteroatoms. The number of aromatic nitrogens is 1. The molecule has 0 aliphatic carbocycles. The van der Waals surface area contributed by atoms with Gasteiger partial charge in [0.15, 0.2) is 0 Å². The van der Waals surface area contributed by atoms with Gasteiger partial charge in [-0.25, -0.2) is 14.6 Å². The molecule has 2 aromatic rings. The fourth-order valence-electron chi connectivity index (χ4n) is 2.00. The summed E-state index contributed by atoms with van der Waals surface area (Å²) in [5, 5.41) is 5.71. The number of benzene rings is 1. The molecule has 1 heterocycles. The van der Waals surface area contributed by atoms with E-state index in [0.717, 1.165) is 10.6 Å². The molecule has 134 valence electrons. The van der Waals surface area contributed by atoms with Gasteiger partial charge >= 0.3 is 12.0 Å². The first-order valence-corrected chi connectivity index (χ1v) is 10.1. The van der Waals surface area contributed by atoms with E-state index in [1.165, 1.54) is 11.3 Å². The zero-order chi connectivity index (χ0) is 18.2. The second-order valence-corrected chi connectivity index (χ2v) is 7.38. The summed E-state index contributed by atoms with van der Waals surface area (Å²) in [6.07, 6.45) is 2.37.